The van der Waals surface area contributed by atoms with Crippen LogP contribution in [0.1, 0.15) is 46.0 Å². The van der Waals surface area contributed by atoms with E-state index in [4.69, 9.17) is 4.74 Å². The molecule has 6 nitrogen and oxygen atoms in total. The van der Waals surface area contributed by atoms with Crippen LogP contribution in [0.2, 0.25) is 0 Å². The third-order valence-electron chi connectivity index (χ3n) is 4.21. The lowest BCUT2D eigenvalue weighted by molar-refractivity contribution is -0.156. The molecule has 0 spiro atoms. The number of carbonyl (C=O) groups is 3. The van der Waals surface area contributed by atoms with E-state index in [-0.39, 0.29) is 24.7 Å². The molecule has 6 heteroatoms. The summed E-state index contributed by atoms with van der Waals surface area (Å²) >= 11 is 0. The Labute approximate surface area is 119 Å². The quantitative estimate of drug-likeness (QED) is 0.539. The predicted octanol–water partition coefficient (Wildman–Crippen LogP) is 1.43. The Morgan fingerprint density at radius 2 is 2.00 bits per heavy atom. The second kappa shape index (κ2) is 6.83. The Hall–Kier alpha value is -1.43. The molecular weight excluding hydrogens is 262 g/mol. The van der Waals surface area contributed by atoms with Gasteiger partial charge in [-0.3, -0.25) is 14.5 Å². The fourth-order valence-corrected chi connectivity index (χ4v) is 2.72. The molecule has 1 atom stereocenters. The molecule has 1 fully saturated rings. The monoisotopic (exact) mass is 285 g/mol. The van der Waals surface area contributed by atoms with Crippen LogP contribution in [0.5, 0.6) is 0 Å². The summed E-state index contributed by atoms with van der Waals surface area (Å²) in [4.78, 5) is 36.9. The number of likely N-dealkylation sites (tertiary alicyclic amines) is 1. The zero-order valence-corrected chi connectivity index (χ0v) is 12.3. The van der Waals surface area contributed by atoms with E-state index in [1.54, 1.807) is 0 Å². The van der Waals surface area contributed by atoms with Gasteiger partial charge in [-0.2, -0.15) is 0 Å². The van der Waals surface area contributed by atoms with Crippen molar-refractivity contribution in [1.29, 1.82) is 0 Å². The molecule has 0 aromatic heterocycles. The summed E-state index contributed by atoms with van der Waals surface area (Å²) in [5.74, 6) is -1.84. The average Bonchev–Trinajstić information content (AvgIpc) is 2.67. The normalized spacial score (nSPS) is 19.4. The first-order valence-electron chi connectivity index (χ1n) is 7.01. The Morgan fingerprint density at radius 3 is 2.40 bits per heavy atom. The number of carboxylic acid groups (broad SMARTS) is 1. The standard InChI is InChI=1S/C14H23NO5/c1-4-14(5-2)9-11(16)15(13(14)19)10(12(17)18)7-6-8-20-3/h10H,4-9H2,1-3H3,(H,17,18). The predicted molar refractivity (Wildman–Crippen MR) is 72.0 cm³/mol. The highest BCUT2D eigenvalue weighted by Gasteiger charge is 2.52. The van der Waals surface area contributed by atoms with Gasteiger partial charge in [0.1, 0.15) is 6.04 Å². The van der Waals surface area contributed by atoms with Crippen molar-refractivity contribution in [3.05, 3.63) is 0 Å². The number of imide groups is 1. The van der Waals surface area contributed by atoms with E-state index in [9.17, 15) is 19.5 Å². The fourth-order valence-electron chi connectivity index (χ4n) is 2.72. The number of rotatable bonds is 8. The number of hydrogen-bond acceptors (Lipinski definition) is 4. The molecule has 1 N–H and O–H groups in total. The minimum Gasteiger partial charge on any atom is -0.480 e. The third-order valence-corrected chi connectivity index (χ3v) is 4.21. The van der Waals surface area contributed by atoms with E-state index in [0.29, 0.717) is 25.9 Å². The third kappa shape index (κ3) is 3.00. The lowest BCUT2D eigenvalue weighted by Crippen LogP contribution is -2.46. The SMILES string of the molecule is CCC1(CC)CC(=O)N(C(CCCOC)C(=O)O)C1=O. The summed E-state index contributed by atoms with van der Waals surface area (Å²) in [7, 11) is 1.53. The number of ether oxygens (including phenoxy) is 1. The van der Waals surface area contributed by atoms with Crippen molar-refractivity contribution >= 4 is 17.8 Å². The molecule has 2 amide bonds. The Morgan fingerprint density at radius 1 is 1.40 bits per heavy atom. The summed E-state index contributed by atoms with van der Waals surface area (Å²) in [5.41, 5.74) is -0.716. The molecule has 1 unspecified atom stereocenters. The van der Waals surface area contributed by atoms with Crippen LogP contribution in [0.25, 0.3) is 0 Å². The molecule has 1 heterocycles. The Bertz CT molecular complexity index is 389. The average molecular weight is 285 g/mol. The maximum Gasteiger partial charge on any atom is 0.326 e. The zero-order valence-electron chi connectivity index (χ0n) is 12.3. The van der Waals surface area contributed by atoms with Crippen LogP contribution >= 0.6 is 0 Å². The molecule has 1 aliphatic heterocycles. The van der Waals surface area contributed by atoms with E-state index >= 15 is 0 Å². The molecule has 0 bridgehead atoms. The summed E-state index contributed by atoms with van der Waals surface area (Å²) in [6, 6.07) is -1.08. The molecular formula is C14H23NO5. The molecule has 1 saturated heterocycles. The van der Waals surface area contributed by atoms with E-state index in [1.807, 2.05) is 13.8 Å². The number of nitrogens with zero attached hydrogens (tertiary/aromatic N) is 1. The van der Waals surface area contributed by atoms with E-state index < -0.39 is 17.4 Å². The van der Waals surface area contributed by atoms with Gasteiger partial charge in [0.15, 0.2) is 0 Å². The lowest BCUT2D eigenvalue weighted by Gasteiger charge is -2.27. The highest BCUT2D eigenvalue weighted by Crippen LogP contribution is 2.40. The van der Waals surface area contributed by atoms with Crippen LogP contribution in [0, 0.1) is 5.41 Å². The van der Waals surface area contributed by atoms with Crippen LogP contribution in [0.15, 0.2) is 0 Å². The second-order valence-corrected chi connectivity index (χ2v) is 5.22. The molecule has 0 aromatic rings. The molecule has 0 aliphatic carbocycles. The number of carbonyl (C=O) groups excluding carboxylic acids is 2. The number of amides is 2. The van der Waals surface area contributed by atoms with Crippen LogP contribution in [0.4, 0.5) is 0 Å². The largest absolute Gasteiger partial charge is 0.480 e. The molecule has 114 valence electrons. The van der Waals surface area contributed by atoms with E-state index in [1.165, 1.54) is 7.11 Å². The first-order chi connectivity index (χ1) is 9.43. The van der Waals surface area contributed by atoms with Gasteiger partial charge < -0.3 is 9.84 Å². The number of carboxylic acids is 1. The lowest BCUT2D eigenvalue weighted by atomic mass is 9.81. The van der Waals surface area contributed by atoms with Crippen LogP contribution in [-0.4, -0.2) is 47.5 Å². The van der Waals surface area contributed by atoms with Gasteiger partial charge in [0.2, 0.25) is 11.8 Å². The molecule has 1 rings (SSSR count). The summed E-state index contributed by atoms with van der Waals surface area (Å²) in [6.45, 7) is 4.13. The van der Waals surface area contributed by atoms with Gasteiger partial charge in [0, 0.05) is 20.1 Å². The smallest absolute Gasteiger partial charge is 0.326 e. The highest BCUT2D eigenvalue weighted by atomic mass is 16.5. The minimum atomic E-state index is -1.13. The first kappa shape index (κ1) is 16.6. The zero-order chi connectivity index (χ0) is 15.3. The van der Waals surface area contributed by atoms with Crippen molar-refractivity contribution in [2.45, 2.75) is 52.0 Å². The van der Waals surface area contributed by atoms with Gasteiger partial charge in [-0.05, 0) is 25.7 Å². The molecule has 0 radical (unpaired) electrons. The van der Waals surface area contributed by atoms with Crippen molar-refractivity contribution in [3.63, 3.8) is 0 Å². The van der Waals surface area contributed by atoms with Crippen molar-refractivity contribution in [2.75, 3.05) is 13.7 Å². The molecule has 1 aliphatic rings. The molecule has 0 aromatic carbocycles. The van der Waals surface area contributed by atoms with Gasteiger partial charge in [0.05, 0.1) is 5.41 Å². The topological polar surface area (TPSA) is 83.9 Å². The molecule has 20 heavy (non-hydrogen) atoms. The van der Waals surface area contributed by atoms with Gasteiger partial charge in [0.25, 0.3) is 0 Å². The summed E-state index contributed by atoms with van der Waals surface area (Å²) in [5, 5.41) is 9.30. The fraction of sp³-hybridized carbons (Fsp3) is 0.786. The van der Waals surface area contributed by atoms with Crippen LogP contribution in [-0.2, 0) is 19.1 Å². The van der Waals surface area contributed by atoms with Crippen LogP contribution in [0.3, 0.4) is 0 Å². The number of methoxy groups -OCH3 is 1. The number of hydrogen-bond donors (Lipinski definition) is 1. The Kier molecular flexibility index (Phi) is 5.68. The van der Waals surface area contributed by atoms with E-state index in [2.05, 4.69) is 0 Å². The Balaban J connectivity index is 2.94. The van der Waals surface area contributed by atoms with Crippen LogP contribution < -0.4 is 0 Å². The van der Waals surface area contributed by atoms with Crippen molar-refractivity contribution in [2.24, 2.45) is 5.41 Å². The van der Waals surface area contributed by atoms with Gasteiger partial charge in [-0.25, -0.2) is 4.79 Å². The minimum absolute atomic E-state index is 0.118. The van der Waals surface area contributed by atoms with Gasteiger partial charge in [-0.15, -0.1) is 0 Å². The summed E-state index contributed by atoms with van der Waals surface area (Å²) in [6.07, 6.45) is 1.94. The van der Waals surface area contributed by atoms with Gasteiger partial charge in [-0.1, -0.05) is 13.8 Å². The number of aliphatic carboxylic acids is 1. The highest BCUT2D eigenvalue weighted by molar-refractivity contribution is 6.08. The van der Waals surface area contributed by atoms with Crippen molar-refractivity contribution in [1.82, 2.24) is 4.90 Å². The first-order valence-corrected chi connectivity index (χ1v) is 7.01. The van der Waals surface area contributed by atoms with Crippen molar-refractivity contribution in [3.8, 4) is 0 Å². The maximum absolute atomic E-state index is 12.5. The maximum atomic E-state index is 12.5. The second-order valence-electron chi connectivity index (χ2n) is 5.22. The van der Waals surface area contributed by atoms with E-state index in [0.717, 1.165) is 4.90 Å². The van der Waals surface area contributed by atoms with Crippen molar-refractivity contribution < 1.29 is 24.2 Å². The molecule has 0 saturated carbocycles. The summed E-state index contributed by atoms with van der Waals surface area (Å²) < 4.78 is 4.89. The van der Waals surface area contributed by atoms with Gasteiger partial charge >= 0.3 is 5.97 Å².